The van der Waals surface area contributed by atoms with Crippen LogP contribution in [0.1, 0.15) is 43.6 Å². The van der Waals surface area contributed by atoms with Crippen molar-refractivity contribution in [3.63, 3.8) is 0 Å². The van der Waals surface area contributed by atoms with E-state index in [0.29, 0.717) is 35.4 Å². The van der Waals surface area contributed by atoms with Gasteiger partial charge >= 0.3 is 0 Å². The first-order chi connectivity index (χ1) is 13.2. The lowest BCUT2D eigenvalue weighted by Gasteiger charge is -2.28. The van der Waals surface area contributed by atoms with Gasteiger partial charge in [0.15, 0.2) is 17.3 Å². The second kappa shape index (κ2) is 7.13. The van der Waals surface area contributed by atoms with Crippen LogP contribution in [0.2, 0.25) is 0 Å². The number of nitrogens with zero attached hydrogens (tertiary/aromatic N) is 1. The number of amides is 1. The minimum Gasteiger partial charge on any atom is -0.493 e. The molecule has 0 spiro atoms. The van der Waals surface area contributed by atoms with Gasteiger partial charge in [0.05, 0.1) is 27.0 Å². The van der Waals surface area contributed by atoms with E-state index in [-0.39, 0.29) is 11.8 Å². The van der Waals surface area contributed by atoms with E-state index in [4.69, 9.17) is 14.2 Å². The first-order valence-corrected chi connectivity index (χ1v) is 9.34. The van der Waals surface area contributed by atoms with Crippen molar-refractivity contribution in [2.75, 3.05) is 26.6 Å². The standard InChI is InChI=1S/C20H25N3O4/c1-25-14-8-12(9-15(26-2)19(14)27-3)18-17-13(11-6-4-5-7-11)10-16(24)21-20(17)23-22-18/h8-9,11,13H,4-7,10H2,1-3H3,(H2,21,22,23,24). The zero-order valence-corrected chi connectivity index (χ0v) is 15.9. The average Bonchev–Trinajstić information content (AvgIpc) is 3.36. The van der Waals surface area contributed by atoms with Crippen LogP contribution in [0.4, 0.5) is 5.82 Å². The van der Waals surface area contributed by atoms with E-state index < -0.39 is 0 Å². The Bertz CT molecular complexity index is 830. The molecule has 0 saturated heterocycles. The normalized spacial score (nSPS) is 19.5. The van der Waals surface area contributed by atoms with Crippen LogP contribution in [0.25, 0.3) is 11.3 Å². The van der Waals surface area contributed by atoms with Crippen LogP contribution in [0.15, 0.2) is 12.1 Å². The molecule has 1 saturated carbocycles. The van der Waals surface area contributed by atoms with E-state index in [1.807, 2.05) is 12.1 Å². The topological polar surface area (TPSA) is 85.5 Å². The van der Waals surface area contributed by atoms with Crippen LogP contribution < -0.4 is 19.5 Å². The van der Waals surface area contributed by atoms with Crippen molar-refractivity contribution >= 4 is 11.7 Å². The molecule has 1 atom stereocenters. The molecule has 2 heterocycles. The Hall–Kier alpha value is -2.70. The fourth-order valence-corrected chi connectivity index (χ4v) is 4.50. The number of ether oxygens (including phenoxy) is 3. The maximum Gasteiger partial charge on any atom is 0.226 e. The van der Waals surface area contributed by atoms with Gasteiger partial charge in [0, 0.05) is 23.5 Å². The Labute approximate surface area is 158 Å². The molecule has 1 fully saturated rings. The number of benzene rings is 1. The molecule has 1 amide bonds. The Balaban J connectivity index is 1.83. The van der Waals surface area contributed by atoms with Crippen LogP contribution in [0, 0.1) is 5.92 Å². The number of hydrogen-bond acceptors (Lipinski definition) is 5. The van der Waals surface area contributed by atoms with Gasteiger partial charge in [-0.2, -0.15) is 5.10 Å². The highest BCUT2D eigenvalue weighted by atomic mass is 16.5. The average molecular weight is 371 g/mol. The molecule has 1 aromatic carbocycles. The van der Waals surface area contributed by atoms with Crippen molar-refractivity contribution in [2.24, 2.45) is 5.92 Å². The lowest BCUT2D eigenvalue weighted by molar-refractivity contribution is -0.117. The highest BCUT2D eigenvalue weighted by molar-refractivity contribution is 5.95. The third kappa shape index (κ3) is 3.01. The second-order valence-corrected chi connectivity index (χ2v) is 7.18. The minimum absolute atomic E-state index is 0.0438. The Morgan fingerprint density at radius 3 is 2.30 bits per heavy atom. The van der Waals surface area contributed by atoms with Crippen LogP contribution >= 0.6 is 0 Å². The fraction of sp³-hybridized carbons (Fsp3) is 0.500. The number of carbonyl (C=O) groups is 1. The number of fused-ring (bicyclic) bond motifs is 1. The molecule has 1 unspecified atom stereocenters. The summed E-state index contributed by atoms with van der Waals surface area (Å²) in [7, 11) is 4.79. The van der Waals surface area contributed by atoms with Crippen molar-refractivity contribution in [3.8, 4) is 28.5 Å². The van der Waals surface area contributed by atoms with Gasteiger partial charge in [-0.15, -0.1) is 0 Å². The Kier molecular flexibility index (Phi) is 4.68. The van der Waals surface area contributed by atoms with Crippen molar-refractivity contribution in [3.05, 3.63) is 17.7 Å². The van der Waals surface area contributed by atoms with E-state index in [1.54, 1.807) is 21.3 Å². The maximum atomic E-state index is 12.2. The van der Waals surface area contributed by atoms with Crippen molar-refractivity contribution in [1.29, 1.82) is 0 Å². The Morgan fingerprint density at radius 2 is 1.70 bits per heavy atom. The van der Waals surface area contributed by atoms with Crippen LogP contribution in [-0.4, -0.2) is 37.4 Å². The molecule has 27 heavy (non-hydrogen) atoms. The summed E-state index contributed by atoms with van der Waals surface area (Å²) in [6.45, 7) is 0. The first-order valence-electron chi connectivity index (χ1n) is 9.34. The molecule has 2 N–H and O–H groups in total. The summed E-state index contributed by atoms with van der Waals surface area (Å²) in [5.74, 6) is 3.13. The summed E-state index contributed by atoms with van der Waals surface area (Å²) in [6.07, 6.45) is 5.30. The highest BCUT2D eigenvalue weighted by Crippen LogP contribution is 2.48. The molecule has 2 aliphatic rings. The zero-order chi connectivity index (χ0) is 19.0. The second-order valence-electron chi connectivity index (χ2n) is 7.18. The number of nitrogens with one attached hydrogen (secondary N) is 2. The van der Waals surface area contributed by atoms with E-state index in [1.165, 1.54) is 12.8 Å². The van der Waals surface area contributed by atoms with Gasteiger partial charge in [-0.3, -0.25) is 9.89 Å². The van der Waals surface area contributed by atoms with Gasteiger partial charge in [-0.05, 0) is 30.9 Å². The number of H-pyrrole nitrogens is 1. The van der Waals surface area contributed by atoms with Crippen LogP contribution in [-0.2, 0) is 4.79 Å². The minimum atomic E-state index is 0.0438. The largest absolute Gasteiger partial charge is 0.493 e. The molecule has 4 rings (SSSR count). The molecule has 7 heteroatoms. The van der Waals surface area contributed by atoms with Gasteiger partial charge < -0.3 is 19.5 Å². The molecule has 0 radical (unpaired) electrons. The highest BCUT2D eigenvalue weighted by Gasteiger charge is 2.37. The number of anilines is 1. The molecule has 2 aromatic rings. The smallest absolute Gasteiger partial charge is 0.226 e. The Morgan fingerprint density at radius 1 is 1.04 bits per heavy atom. The van der Waals surface area contributed by atoms with Crippen LogP contribution in [0.3, 0.4) is 0 Å². The number of carbonyl (C=O) groups excluding carboxylic acids is 1. The predicted molar refractivity (Wildman–Crippen MR) is 102 cm³/mol. The fourth-order valence-electron chi connectivity index (χ4n) is 4.50. The molecular weight excluding hydrogens is 346 g/mol. The summed E-state index contributed by atoms with van der Waals surface area (Å²) in [6, 6.07) is 3.83. The summed E-state index contributed by atoms with van der Waals surface area (Å²) >= 11 is 0. The first kappa shape index (κ1) is 17.7. The van der Waals surface area contributed by atoms with E-state index in [0.717, 1.165) is 29.7 Å². The summed E-state index contributed by atoms with van der Waals surface area (Å²) in [5.41, 5.74) is 2.90. The van der Waals surface area contributed by atoms with E-state index in [2.05, 4.69) is 15.5 Å². The van der Waals surface area contributed by atoms with Gasteiger partial charge in [0.1, 0.15) is 0 Å². The quantitative estimate of drug-likeness (QED) is 0.837. The summed E-state index contributed by atoms with van der Waals surface area (Å²) < 4.78 is 16.4. The molecule has 1 aliphatic carbocycles. The summed E-state index contributed by atoms with van der Waals surface area (Å²) in [4.78, 5) is 12.2. The molecular formula is C20H25N3O4. The van der Waals surface area contributed by atoms with Gasteiger partial charge in [0.2, 0.25) is 11.7 Å². The third-order valence-electron chi connectivity index (χ3n) is 5.76. The molecule has 7 nitrogen and oxygen atoms in total. The SMILES string of the molecule is COc1cc(-c2[nH]nc3c2C(C2CCCC2)CC(=O)N3)cc(OC)c1OC. The maximum absolute atomic E-state index is 12.2. The summed E-state index contributed by atoms with van der Waals surface area (Å²) in [5, 5.41) is 10.4. The van der Waals surface area contributed by atoms with E-state index >= 15 is 0 Å². The number of methoxy groups -OCH3 is 3. The third-order valence-corrected chi connectivity index (χ3v) is 5.76. The molecule has 1 aromatic heterocycles. The van der Waals surface area contributed by atoms with Gasteiger partial charge in [-0.25, -0.2) is 0 Å². The lowest BCUT2D eigenvalue weighted by Crippen LogP contribution is -2.26. The van der Waals surface area contributed by atoms with Crippen molar-refractivity contribution in [1.82, 2.24) is 10.2 Å². The molecule has 144 valence electrons. The number of rotatable bonds is 5. The zero-order valence-electron chi connectivity index (χ0n) is 15.9. The number of aromatic nitrogens is 2. The molecule has 0 bridgehead atoms. The lowest BCUT2D eigenvalue weighted by atomic mass is 9.79. The number of aromatic amines is 1. The monoisotopic (exact) mass is 371 g/mol. The van der Waals surface area contributed by atoms with E-state index in [9.17, 15) is 4.79 Å². The van der Waals surface area contributed by atoms with Crippen LogP contribution in [0.5, 0.6) is 17.2 Å². The molecule has 1 aliphatic heterocycles. The van der Waals surface area contributed by atoms with Crippen molar-refractivity contribution < 1.29 is 19.0 Å². The van der Waals surface area contributed by atoms with Gasteiger partial charge in [-0.1, -0.05) is 12.8 Å². The predicted octanol–water partition coefficient (Wildman–Crippen LogP) is 3.72. The van der Waals surface area contributed by atoms with Crippen molar-refractivity contribution in [2.45, 2.75) is 38.0 Å². The number of hydrogen-bond donors (Lipinski definition) is 2. The van der Waals surface area contributed by atoms with Gasteiger partial charge in [0.25, 0.3) is 0 Å².